The summed E-state index contributed by atoms with van der Waals surface area (Å²) in [7, 11) is 1.66. The number of amides is 1. The summed E-state index contributed by atoms with van der Waals surface area (Å²) >= 11 is 0. The van der Waals surface area contributed by atoms with E-state index >= 15 is 0 Å². The molecule has 4 rings (SSSR count). The summed E-state index contributed by atoms with van der Waals surface area (Å²) in [5, 5.41) is 1.08. The number of piperidine rings is 1. The fraction of sp³-hybridized carbons (Fsp3) is 0.348. The number of methoxy groups -OCH3 is 1. The molecule has 1 fully saturated rings. The number of H-pyrrole nitrogens is 1. The van der Waals surface area contributed by atoms with Crippen molar-refractivity contribution in [3.05, 3.63) is 65.4 Å². The van der Waals surface area contributed by atoms with Crippen LogP contribution in [-0.2, 0) is 6.42 Å². The topological polar surface area (TPSA) is 45.3 Å². The molecular weight excluding hydrogens is 336 g/mol. The van der Waals surface area contributed by atoms with Crippen molar-refractivity contribution in [2.45, 2.75) is 26.2 Å². The minimum absolute atomic E-state index is 0.112. The fourth-order valence-corrected chi connectivity index (χ4v) is 4.10. The second kappa shape index (κ2) is 7.47. The third-order valence-electron chi connectivity index (χ3n) is 5.75. The molecule has 1 aromatic heterocycles. The van der Waals surface area contributed by atoms with Gasteiger partial charge in [0.1, 0.15) is 11.4 Å². The second-order valence-corrected chi connectivity index (χ2v) is 7.46. The molecule has 2 aromatic carbocycles. The Labute approximate surface area is 160 Å². The summed E-state index contributed by atoms with van der Waals surface area (Å²) in [6.07, 6.45) is 3.23. The number of aromatic nitrogens is 1. The van der Waals surface area contributed by atoms with Gasteiger partial charge in [-0.05, 0) is 55.4 Å². The monoisotopic (exact) mass is 362 g/mol. The van der Waals surface area contributed by atoms with E-state index in [-0.39, 0.29) is 5.91 Å². The Morgan fingerprint density at radius 1 is 1.15 bits per heavy atom. The smallest absolute Gasteiger partial charge is 0.270 e. The number of carbonyl (C=O) groups is 1. The van der Waals surface area contributed by atoms with Crippen molar-refractivity contribution in [1.29, 1.82) is 0 Å². The number of nitrogens with zero attached hydrogens (tertiary/aromatic N) is 1. The van der Waals surface area contributed by atoms with E-state index in [1.54, 1.807) is 7.11 Å². The number of rotatable bonds is 4. The Bertz CT molecular complexity index is 938. The van der Waals surface area contributed by atoms with Gasteiger partial charge in [-0.2, -0.15) is 0 Å². The number of carbonyl (C=O) groups excluding carboxylic acids is 1. The SMILES string of the molecule is COc1ccc2c(C)c(C(=O)N3CCC(Cc4ccccc4)CC3)[nH]c2c1. The zero-order chi connectivity index (χ0) is 18.8. The second-order valence-electron chi connectivity index (χ2n) is 7.46. The zero-order valence-corrected chi connectivity index (χ0v) is 16.0. The van der Waals surface area contributed by atoms with Gasteiger partial charge in [0, 0.05) is 30.1 Å². The fourth-order valence-electron chi connectivity index (χ4n) is 4.10. The zero-order valence-electron chi connectivity index (χ0n) is 16.0. The van der Waals surface area contributed by atoms with E-state index in [9.17, 15) is 4.79 Å². The third-order valence-corrected chi connectivity index (χ3v) is 5.75. The van der Waals surface area contributed by atoms with Crippen LogP contribution in [0, 0.1) is 12.8 Å². The number of aromatic amines is 1. The van der Waals surface area contributed by atoms with Crippen LogP contribution in [0.4, 0.5) is 0 Å². The van der Waals surface area contributed by atoms with Gasteiger partial charge >= 0.3 is 0 Å². The van der Waals surface area contributed by atoms with Crippen LogP contribution in [0.2, 0.25) is 0 Å². The summed E-state index contributed by atoms with van der Waals surface area (Å²) < 4.78 is 5.29. The van der Waals surface area contributed by atoms with Gasteiger partial charge in [0.25, 0.3) is 5.91 Å². The van der Waals surface area contributed by atoms with Gasteiger partial charge in [-0.1, -0.05) is 30.3 Å². The molecule has 0 saturated carbocycles. The molecule has 4 nitrogen and oxygen atoms in total. The maximum atomic E-state index is 13.1. The van der Waals surface area contributed by atoms with Crippen molar-refractivity contribution in [2.24, 2.45) is 5.92 Å². The van der Waals surface area contributed by atoms with Crippen LogP contribution in [-0.4, -0.2) is 36.0 Å². The molecule has 3 aromatic rings. The molecule has 1 amide bonds. The summed E-state index contributed by atoms with van der Waals surface area (Å²) in [5.41, 5.74) is 4.07. The number of ether oxygens (including phenoxy) is 1. The van der Waals surface area contributed by atoms with Gasteiger partial charge < -0.3 is 14.6 Å². The summed E-state index contributed by atoms with van der Waals surface area (Å²) in [5.74, 6) is 1.56. The first-order valence-electron chi connectivity index (χ1n) is 9.65. The lowest BCUT2D eigenvalue weighted by molar-refractivity contribution is 0.0685. The molecule has 0 spiro atoms. The largest absolute Gasteiger partial charge is 0.497 e. The molecule has 1 aliphatic heterocycles. The molecule has 0 aliphatic carbocycles. The maximum Gasteiger partial charge on any atom is 0.270 e. The van der Waals surface area contributed by atoms with Crippen molar-refractivity contribution >= 4 is 16.8 Å². The van der Waals surface area contributed by atoms with Crippen LogP contribution < -0.4 is 4.74 Å². The van der Waals surface area contributed by atoms with Crippen LogP contribution in [0.15, 0.2) is 48.5 Å². The van der Waals surface area contributed by atoms with Crippen LogP contribution >= 0.6 is 0 Å². The Morgan fingerprint density at radius 2 is 1.89 bits per heavy atom. The number of nitrogens with one attached hydrogen (secondary N) is 1. The van der Waals surface area contributed by atoms with Crippen LogP contribution in [0.25, 0.3) is 10.9 Å². The molecule has 2 heterocycles. The van der Waals surface area contributed by atoms with Crippen molar-refractivity contribution in [2.75, 3.05) is 20.2 Å². The Hall–Kier alpha value is -2.75. The van der Waals surface area contributed by atoms with Gasteiger partial charge in [-0.25, -0.2) is 0 Å². The molecule has 1 aliphatic rings. The quantitative estimate of drug-likeness (QED) is 0.738. The molecule has 1 saturated heterocycles. The average Bonchev–Trinajstić information content (AvgIpc) is 3.04. The lowest BCUT2D eigenvalue weighted by Crippen LogP contribution is -2.39. The van der Waals surface area contributed by atoms with E-state index in [0.29, 0.717) is 11.6 Å². The Morgan fingerprint density at radius 3 is 2.59 bits per heavy atom. The van der Waals surface area contributed by atoms with Crippen molar-refractivity contribution in [1.82, 2.24) is 9.88 Å². The molecule has 27 heavy (non-hydrogen) atoms. The molecule has 0 unspecified atom stereocenters. The first-order chi connectivity index (χ1) is 13.2. The molecule has 0 atom stereocenters. The van der Waals surface area contributed by atoms with Gasteiger partial charge in [-0.15, -0.1) is 0 Å². The van der Waals surface area contributed by atoms with Crippen molar-refractivity contribution < 1.29 is 9.53 Å². The number of aryl methyl sites for hydroxylation is 1. The molecule has 1 N–H and O–H groups in total. The maximum absolute atomic E-state index is 13.1. The molecule has 4 heteroatoms. The Kier molecular flexibility index (Phi) is 4.88. The summed E-state index contributed by atoms with van der Waals surface area (Å²) in [4.78, 5) is 18.4. The van der Waals surface area contributed by atoms with Crippen molar-refractivity contribution in [3.63, 3.8) is 0 Å². The van der Waals surface area contributed by atoms with E-state index in [4.69, 9.17) is 4.74 Å². The van der Waals surface area contributed by atoms with E-state index in [2.05, 4.69) is 35.3 Å². The van der Waals surface area contributed by atoms with Crippen LogP contribution in [0.3, 0.4) is 0 Å². The number of benzene rings is 2. The standard InChI is InChI=1S/C23H26N2O2/c1-16-20-9-8-19(27-2)15-21(20)24-22(16)23(26)25-12-10-18(11-13-25)14-17-6-4-3-5-7-17/h3-9,15,18,24H,10-14H2,1-2H3. The van der Waals surface area contributed by atoms with Crippen LogP contribution in [0.5, 0.6) is 5.75 Å². The predicted octanol–water partition coefficient (Wildman–Crippen LogP) is 4.58. The van der Waals surface area contributed by atoms with Gasteiger partial charge in [-0.3, -0.25) is 4.79 Å². The van der Waals surface area contributed by atoms with E-state index in [1.165, 1.54) is 5.56 Å². The normalized spacial score (nSPS) is 15.3. The molecule has 0 radical (unpaired) electrons. The van der Waals surface area contributed by atoms with E-state index in [1.807, 2.05) is 30.0 Å². The number of likely N-dealkylation sites (tertiary alicyclic amines) is 1. The van der Waals surface area contributed by atoms with Gasteiger partial charge in [0.2, 0.25) is 0 Å². The minimum Gasteiger partial charge on any atom is -0.497 e. The summed E-state index contributed by atoms with van der Waals surface area (Å²) in [6.45, 7) is 3.67. The first-order valence-corrected chi connectivity index (χ1v) is 9.65. The highest BCUT2D eigenvalue weighted by Crippen LogP contribution is 2.28. The van der Waals surface area contributed by atoms with E-state index in [0.717, 1.165) is 54.6 Å². The molecular formula is C23H26N2O2. The third kappa shape index (κ3) is 3.57. The van der Waals surface area contributed by atoms with E-state index < -0.39 is 0 Å². The number of hydrogen-bond donors (Lipinski definition) is 1. The minimum atomic E-state index is 0.112. The molecule has 0 bridgehead atoms. The highest BCUT2D eigenvalue weighted by Gasteiger charge is 2.26. The van der Waals surface area contributed by atoms with Crippen molar-refractivity contribution in [3.8, 4) is 5.75 Å². The lowest BCUT2D eigenvalue weighted by Gasteiger charge is -2.32. The highest BCUT2D eigenvalue weighted by molar-refractivity contribution is 6.01. The number of hydrogen-bond acceptors (Lipinski definition) is 2. The van der Waals surface area contributed by atoms with Gasteiger partial charge in [0.05, 0.1) is 7.11 Å². The average molecular weight is 362 g/mol. The van der Waals surface area contributed by atoms with Gasteiger partial charge in [0.15, 0.2) is 0 Å². The lowest BCUT2D eigenvalue weighted by atomic mass is 9.90. The van der Waals surface area contributed by atoms with Crippen LogP contribution in [0.1, 0.15) is 34.5 Å². The highest BCUT2D eigenvalue weighted by atomic mass is 16.5. The predicted molar refractivity (Wildman–Crippen MR) is 108 cm³/mol. The Balaban J connectivity index is 1.45. The summed E-state index contributed by atoms with van der Waals surface area (Å²) in [6, 6.07) is 16.5. The molecule has 140 valence electrons. The number of fused-ring (bicyclic) bond motifs is 1. The first kappa shape index (κ1) is 17.7.